The number of carbonyl (C=O) groups is 1. The Morgan fingerprint density at radius 1 is 1.47 bits per heavy atom. The topological polar surface area (TPSA) is 66.6 Å². The minimum atomic E-state index is -0.873. The van der Waals surface area contributed by atoms with Gasteiger partial charge < -0.3 is 15.7 Å². The molecule has 0 aliphatic carbocycles. The van der Waals surface area contributed by atoms with E-state index in [1.54, 1.807) is 20.9 Å². The molecule has 0 fully saturated rings. The Balaban J connectivity index is 4.20. The third-order valence-corrected chi connectivity index (χ3v) is 2.04. The zero-order chi connectivity index (χ0) is 12.2. The first-order valence-electron chi connectivity index (χ1n) is 5.36. The Bertz CT molecular complexity index is 209. The summed E-state index contributed by atoms with van der Waals surface area (Å²) in [6.07, 6.45) is 0.676. The van der Waals surface area contributed by atoms with Crippen LogP contribution in [-0.2, 0) is 4.79 Å². The third-order valence-electron chi connectivity index (χ3n) is 2.04. The van der Waals surface area contributed by atoms with Crippen LogP contribution in [0.3, 0.4) is 0 Å². The standard InChI is InChI=1S/C11H24N2O2/c1-8(2)6-9(12)10(14)13(5)7-11(3,4)15/h8-9,15H,6-7,12H2,1-5H3/t9-/m1/s1. The van der Waals surface area contributed by atoms with Gasteiger partial charge in [0.25, 0.3) is 0 Å². The van der Waals surface area contributed by atoms with Crippen LogP contribution in [0, 0.1) is 5.92 Å². The van der Waals surface area contributed by atoms with E-state index in [0.717, 1.165) is 0 Å². The van der Waals surface area contributed by atoms with Gasteiger partial charge in [0, 0.05) is 13.6 Å². The van der Waals surface area contributed by atoms with E-state index in [2.05, 4.69) is 0 Å². The molecule has 0 unspecified atom stereocenters. The predicted octanol–water partition coefficient (Wildman–Crippen LogP) is 0.589. The molecule has 3 N–H and O–H groups in total. The number of hydrogen-bond donors (Lipinski definition) is 2. The second-order valence-electron chi connectivity index (χ2n) is 5.24. The van der Waals surface area contributed by atoms with Gasteiger partial charge in [-0.15, -0.1) is 0 Å². The van der Waals surface area contributed by atoms with Crippen LogP contribution < -0.4 is 5.73 Å². The van der Waals surface area contributed by atoms with Gasteiger partial charge >= 0.3 is 0 Å². The molecule has 0 aromatic carbocycles. The van der Waals surface area contributed by atoms with Crippen molar-refractivity contribution in [2.45, 2.75) is 45.8 Å². The molecule has 0 bridgehead atoms. The number of nitrogens with zero attached hydrogens (tertiary/aromatic N) is 1. The average Bonchev–Trinajstić information content (AvgIpc) is 1.98. The van der Waals surface area contributed by atoms with Crippen molar-refractivity contribution in [3.63, 3.8) is 0 Å². The molecule has 4 heteroatoms. The van der Waals surface area contributed by atoms with Crippen LogP contribution in [0.1, 0.15) is 34.1 Å². The number of likely N-dealkylation sites (N-methyl/N-ethyl adjacent to an activating group) is 1. The first-order chi connectivity index (χ1) is 6.63. The summed E-state index contributed by atoms with van der Waals surface area (Å²) in [7, 11) is 1.67. The van der Waals surface area contributed by atoms with Crippen molar-refractivity contribution >= 4 is 5.91 Å². The molecule has 0 rings (SSSR count). The molecule has 0 radical (unpaired) electrons. The summed E-state index contributed by atoms with van der Waals surface area (Å²) in [5, 5.41) is 9.57. The van der Waals surface area contributed by atoms with Gasteiger partial charge in [0.2, 0.25) is 5.91 Å². The zero-order valence-electron chi connectivity index (χ0n) is 10.4. The van der Waals surface area contributed by atoms with Gasteiger partial charge in [-0.1, -0.05) is 13.8 Å². The quantitative estimate of drug-likeness (QED) is 0.707. The van der Waals surface area contributed by atoms with Crippen molar-refractivity contribution in [3.05, 3.63) is 0 Å². The van der Waals surface area contributed by atoms with Crippen molar-refractivity contribution in [2.24, 2.45) is 11.7 Å². The van der Waals surface area contributed by atoms with Crippen molar-refractivity contribution in [2.75, 3.05) is 13.6 Å². The molecule has 0 aromatic rings. The molecule has 15 heavy (non-hydrogen) atoms. The fourth-order valence-electron chi connectivity index (χ4n) is 1.55. The summed E-state index contributed by atoms with van der Waals surface area (Å²) in [5.41, 5.74) is 4.89. The first kappa shape index (κ1) is 14.4. The Kier molecular flexibility index (Phi) is 5.24. The number of nitrogens with two attached hydrogens (primary N) is 1. The largest absolute Gasteiger partial charge is 0.389 e. The lowest BCUT2D eigenvalue weighted by atomic mass is 10.0. The fourth-order valence-corrected chi connectivity index (χ4v) is 1.55. The molecule has 0 aliphatic rings. The van der Waals surface area contributed by atoms with Crippen molar-refractivity contribution in [3.8, 4) is 0 Å². The van der Waals surface area contributed by atoms with E-state index in [1.807, 2.05) is 13.8 Å². The predicted molar refractivity (Wildman–Crippen MR) is 61.4 cm³/mol. The van der Waals surface area contributed by atoms with E-state index in [0.29, 0.717) is 18.9 Å². The van der Waals surface area contributed by atoms with Crippen LogP contribution in [0.5, 0.6) is 0 Å². The average molecular weight is 216 g/mol. The van der Waals surface area contributed by atoms with Crippen LogP contribution in [-0.4, -0.2) is 41.1 Å². The third kappa shape index (κ3) is 6.47. The van der Waals surface area contributed by atoms with Gasteiger partial charge in [-0.2, -0.15) is 0 Å². The van der Waals surface area contributed by atoms with Gasteiger partial charge in [0.05, 0.1) is 11.6 Å². The highest BCUT2D eigenvalue weighted by Gasteiger charge is 2.23. The number of amides is 1. The SMILES string of the molecule is CC(C)C[C@@H](N)C(=O)N(C)CC(C)(C)O. The Labute approximate surface area is 92.4 Å². The number of aliphatic hydroxyl groups is 1. The van der Waals surface area contributed by atoms with Gasteiger partial charge in [-0.25, -0.2) is 0 Å². The molecule has 0 aromatic heterocycles. The molecule has 1 amide bonds. The molecule has 90 valence electrons. The second kappa shape index (κ2) is 5.47. The van der Waals surface area contributed by atoms with E-state index in [4.69, 9.17) is 5.73 Å². The second-order valence-corrected chi connectivity index (χ2v) is 5.24. The molecule has 4 nitrogen and oxygen atoms in total. The normalized spacial score (nSPS) is 14.1. The van der Waals surface area contributed by atoms with Crippen LogP contribution >= 0.6 is 0 Å². The highest BCUT2D eigenvalue weighted by atomic mass is 16.3. The van der Waals surface area contributed by atoms with Crippen LogP contribution in [0.25, 0.3) is 0 Å². The summed E-state index contributed by atoms with van der Waals surface area (Å²) in [6.45, 7) is 7.71. The number of hydrogen-bond acceptors (Lipinski definition) is 3. The molecular weight excluding hydrogens is 192 g/mol. The number of rotatable bonds is 5. The molecule has 0 saturated carbocycles. The highest BCUT2D eigenvalue weighted by Crippen LogP contribution is 2.08. The van der Waals surface area contributed by atoms with Gasteiger partial charge in [-0.3, -0.25) is 4.79 Å². The van der Waals surface area contributed by atoms with Gasteiger partial charge in [0.15, 0.2) is 0 Å². The minimum absolute atomic E-state index is 0.106. The van der Waals surface area contributed by atoms with E-state index in [1.165, 1.54) is 4.90 Å². The lowest BCUT2D eigenvalue weighted by molar-refractivity contribution is -0.134. The zero-order valence-corrected chi connectivity index (χ0v) is 10.4. The van der Waals surface area contributed by atoms with E-state index in [9.17, 15) is 9.90 Å². The molecule has 0 saturated heterocycles. The summed E-state index contributed by atoms with van der Waals surface area (Å²) in [6, 6.07) is -0.461. The van der Waals surface area contributed by atoms with Gasteiger partial charge in [0.1, 0.15) is 0 Å². The molecule has 0 aliphatic heterocycles. The van der Waals surface area contributed by atoms with E-state index in [-0.39, 0.29) is 5.91 Å². The maximum atomic E-state index is 11.7. The van der Waals surface area contributed by atoms with Crippen molar-refractivity contribution < 1.29 is 9.90 Å². The smallest absolute Gasteiger partial charge is 0.239 e. The Morgan fingerprint density at radius 2 is 1.93 bits per heavy atom. The van der Waals surface area contributed by atoms with Crippen LogP contribution in [0.2, 0.25) is 0 Å². The number of carbonyl (C=O) groups excluding carboxylic acids is 1. The van der Waals surface area contributed by atoms with Crippen molar-refractivity contribution in [1.82, 2.24) is 4.90 Å². The summed E-state index contributed by atoms with van der Waals surface area (Å²) < 4.78 is 0. The summed E-state index contributed by atoms with van der Waals surface area (Å²) in [4.78, 5) is 13.2. The molecular formula is C11H24N2O2. The van der Waals surface area contributed by atoms with Gasteiger partial charge in [-0.05, 0) is 26.2 Å². The van der Waals surface area contributed by atoms with E-state index >= 15 is 0 Å². The summed E-state index contributed by atoms with van der Waals surface area (Å²) >= 11 is 0. The summed E-state index contributed by atoms with van der Waals surface area (Å²) in [5.74, 6) is 0.297. The Hall–Kier alpha value is -0.610. The molecule has 0 spiro atoms. The lowest BCUT2D eigenvalue weighted by Crippen LogP contribution is -2.47. The van der Waals surface area contributed by atoms with Crippen LogP contribution in [0.15, 0.2) is 0 Å². The lowest BCUT2D eigenvalue weighted by Gasteiger charge is -2.28. The Morgan fingerprint density at radius 3 is 2.27 bits per heavy atom. The highest BCUT2D eigenvalue weighted by molar-refractivity contribution is 5.81. The molecule has 1 atom stereocenters. The maximum Gasteiger partial charge on any atom is 0.239 e. The molecule has 0 heterocycles. The first-order valence-corrected chi connectivity index (χ1v) is 5.36. The minimum Gasteiger partial charge on any atom is -0.389 e. The van der Waals surface area contributed by atoms with E-state index < -0.39 is 11.6 Å². The fraction of sp³-hybridized carbons (Fsp3) is 0.909. The maximum absolute atomic E-state index is 11.7. The van der Waals surface area contributed by atoms with Crippen molar-refractivity contribution in [1.29, 1.82) is 0 Å². The van der Waals surface area contributed by atoms with Crippen LogP contribution in [0.4, 0.5) is 0 Å². The monoisotopic (exact) mass is 216 g/mol.